The molecule has 1 amide bonds. The van der Waals surface area contributed by atoms with Gasteiger partial charge in [0, 0.05) is 11.8 Å². The molecule has 1 N–H and O–H groups in total. The molecule has 0 saturated carbocycles. The van der Waals surface area contributed by atoms with Gasteiger partial charge in [0.1, 0.15) is 0 Å². The first kappa shape index (κ1) is 18.9. The summed E-state index contributed by atoms with van der Waals surface area (Å²) < 4.78 is 9.92. The first-order chi connectivity index (χ1) is 12.4. The molecular formula is C18H18N2O6. The number of para-hydroxylation sites is 2. The molecule has 0 aliphatic heterocycles. The standard InChI is InChI=1S/C18H18N2O6/c1-12-6-5-7-14(13(12)2)19-17(21)10-26-18(22)11-25-16-9-4-3-8-15(16)20(23)24/h3-9H,10-11H2,1-2H3,(H,19,21). The van der Waals surface area contributed by atoms with Gasteiger partial charge in [0.05, 0.1) is 4.92 Å². The van der Waals surface area contributed by atoms with Crippen LogP contribution in [0.4, 0.5) is 11.4 Å². The molecule has 0 aromatic heterocycles. The van der Waals surface area contributed by atoms with E-state index < -0.39 is 30.0 Å². The first-order valence-electron chi connectivity index (χ1n) is 7.76. The Hall–Kier alpha value is -3.42. The van der Waals surface area contributed by atoms with Crippen molar-refractivity contribution >= 4 is 23.3 Å². The monoisotopic (exact) mass is 358 g/mol. The molecule has 8 nitrogen and oxygen atoms in total. The third-order valence-corrected chi connectivity index (χ3v) is 3.65. The Balaban J connectivity index is 1.83. The third-order valence-electron chi connectivity index (χ3n) is 3.65. The molecule has 0 aliphatic rings. The summed E-state index contributed by atoms with van der Waals surface area (Å²) in [7, 11) is 0. The second kappa shape index (κ2) is 8.61. The van der Waals surface area contributed by atoms with Crippen molar-refractivity contribution in [2.75, 3.05) is 18.5 Å². The lowest BCUT2D eigenvalue weighted by Crippen LogP contribution is -2.24. The molecule has 8 heteroatoms. The van der Waals surface area contributed by atoms with Crippen molar-refractivity contribution < 1.29 is 24.0 Å². The highest BCUT2D eigenvalue weighted by molar-refractivity contribution is 5.93. The van der Waals surface area contributed by atoms with Crippen LogP contribution in [0.1, 0.15) is 11.1 Å². The number of hydrogen-bond donors (Lipinski definition) is 1. The maximum atomic E-state index is 11.9. The van der Waals surface area contributed by atoms with E-state index in [2.05, 4.69) is 5.32 Å². The van der Waals surface area contributed by atoms with Crippen LogP contribution in [0.2, 0.25) is 0 Å². The lowest BCUT2D eigenvalue weighted by Gasteiger charge is -2.11. The van der Waals surface area contributed by atoms with E-state index in [1.165, 1.54) is 18.2 Å². The van der Waals surface area contributed by atoms with Crippen molar-refractivity contribution in [2.45, 2.75) is 13.8 Å². The SMILES string of the molecule is Cc1cccc(NC(=O)COC(=O)COc2ccccc2[N+](=O)[O-])c1C. The molecule has 0 atom stereocenters. The number of carbonyl (C=O) groups excluding carboxylic acids is 2. The minimum atomic E-state index is -0.806. The highest BCUT2D eigenvalue weighted by Gasteiger charge is 2.16. The maximum Gasteiger partial charge on any atom is 0.344 e. The molecule has 0 fully saturated rings. The van der Waals surface area contributed by atoms with Gasteiger partial charge in [-0.2, -0.15) is 0 Å². The predicted octanol–water partition coefficient (Wildman–Crippen LogP) is 2.77. The van der Waals surface area contributed by atoms with Crippen LogP contribution < -0.4 is 10.1 Å². The molecule has 2 rings (SSSR count). The molecule has 2 aromatic carbocycles. The Morgan fingerprint density at radius 3 is 2.54 bits per heavy atom. The Morgan fingerprint density at radius 1 is 1.08 bits per heavy atom. The number of amides is 1. The Kier molecular flexibility index (Phi) is 6.26. The van der Waals surface area contributed by atoms with E-state index in [1.54, 1.807) is 12.1 Å². The predicted molar refractivity (Wildman–Crippen MR) is 94.1 cm³/mol. The number of rotatable bonds is 7. The fraction of sp³-hybridized carbons (Fsp3) is 0.222. The van der Waals surface area contributed by atoms with Gasteiger partial charge in [0.15, 0.2) is 19.0 Å². The van der Waals surface area contributed by atoms with E-state index in [4.69, 9.17) is 9.47 Å². The van der Waals surface area contributed by atoms with Gasteiger partial charge >= 0.3 is 11.7 Å². The summed E-state index contributed by atoms with van der Waals surface area (Å²) in [4.78, 5) is 33.8. The quantitative estimate of drug-likeness (QED) is 0.463. The van der Waals surface area contributed by atoms with E-state index in [-0.39, 0.29) is 11.4 Å². The number of nitro benzene ring substituents is 1. The van der Waals surface area contributed by atoms with Crippen LogP contribution in [0, 0.1) is 24.0 Å². The number of esters is 1. The number of ether oxygens (including phenoxy) is 2. The van der Waals surface area contributed by atoms with Crippen molar-refractivity contribution in [3.63, 3.8) is 0 Å². The normalized spacial score (nSPS) is 10.1. The Labute approximate surface area is 149 Å². The van der Waals surface area contributed by atoms with Gasteiger partial charge < -0.3 is 14.8 Å². The summed E-state index contributed by atoms with van der Waals surface area (Å²) in [5.41, 5.74) is 2.33. The zero-order valence-electron chi connectivity index (χ0n) is 14.4. The summed E-state index contributed by atoms with van der Waals surface area (Å²) in [5, 5.41) is 13.5. The highest BCUT2D eigenvalue weighted by Crippen LogP contribution is 2.25. The molecule has 26 heavy (non-hydrogen) atoms. The van der Waals surface area contributed by atoms with Crippen LogP contribution >= 0.6 is 0 Å². The van der Waals surface area contributed by atoms with Gasteiger partial charge in [-0.1, -0.05) is 24.3 Å². The van der Waals surface area contributed by atoms with Crippen molar-refractivity contribution in [3.8, 4) is 5.75 Å². The molecule has 0 bridgehead atoms. The van der Waals surface area contributed by atoms with E-state index in [0.29, 0.717) is 5.69 Å². The highest BCUT2D eigenvalue weighted by atomic mass is 16.6. The molecule has 2 aromatic rings. The van der Waals surface area contributed by atoms with Crippen LogP contribution in [-0.4, -0.2) is 30.0 Å². The maximum absolute atomic E-state index is 11.9. The molecule has 0 unspecified atom stereocenters. The number of aryl methyl sites for hydroxylation is 1. The van der Waals surface area contributed by atoms with E-state index in [0.717, 1.165) is 11.1 Å². The minimum absolute atomic E-state index is 0.0470. The fourth-order valence-electron chi connectivity index (χ4n) is 2.13. The van der Waals surface area contributed by atoms with E-state index >= 15 is 0 Å². The van der Waals surface area contributed by atoms with Gasteiger partial charge in [-0.15, -0.1) is 0 Å². The number of anilines is 1. The van der Waals surface area contributed by atoms with Gasteiger partial charge in [0.25, 0.3) is 5.91 Å². The van der Waals surface area contributed by atoms with Crippen molar-refractivity contribution in [2.24, 2.45) is 0 Å². The third kappa shape index (κ3) is 5.04. The van der Waals surface area contributed by atoms with Crippen molar-refractivity contribution in [1.29, 1.82) is 0 Å². The smallest absolute Gasteiger partial charge is 0.344 e. The van der Waals surface area contributed by atoms with E-state index in [9.17, 15) is 19.7 Å². The lowest BCUT2D eigenvalue weighted by molar-refractivity contribution is -0.385. The van der Waals surface area contributed by atoms with E-state index in [1.807, 2.05) is 26.0 Å². The average molecular weight is 358 g/mol. The van der Waals surface area contributed by atoms with Gasteiger partial charge in [-0.25, -0.2) is 4.79 Å². The zero-order valence-corrected chi connectivity index (χ0v) is 14.4. The molecule has 0 aliphatic carbocycles. The zero-order chi connectivity index (χ0) is 19.1. The first-order valence-corrected chi connectivity index (χ1v) is 7.76. The number of nitro groups is 1. The molecule has 0 heterocycles. The number of nitrogens with one attached hydrogen (secondary N) is 1. The lowest BCUT2D eigenvalue weighted by atomic mass is 10.1. The number of nitrogens with zero attached hydrogens (tertiary/aromatic N) is 1. The second-order valence-electron chi connectivity index (χ2n) is 5.47. The average Bonchev–Trinajstić information content (AvgIpc) is 2.62. The second-order valence-corrected chi connectivity index (χ2v) is 5.47. The number of benzene rings is 2. The van der Waals surface area contributed by atoms with Crippen LogP contribution in [0.5, 0.6) is 5.75 Å². The van der Waals surface area contributed by atoms with Crippen LogP contribution in [-0.2, 0) is 14.3 Å². The minimum Gasteiger partial charge on any atom is -0.475 e. The van der Waals surface area contributed by atoms with Crippen LogP contribution in [0.25, 0.3) is 0 Å². The van der Waals surface area contributed by atoms with Crippen LogP contribution in [0.15, 0.2) is 42.5 Å². The van der Waals surface area contributed by atoms with Crippen molar-refractivity contribution in [3.05, 3.63) is 63.7 Å². The Bertz CT molecular complexity index is 834. The van der Waals surface area contributed by atoms with Crippen molar-refractivity contribution in [1.82, 2.24) is 0 Å². The molecular weight excluding hydrogens is 340 g/mol. The molecule has 0 saturated heterocycles. The summed E-state index contributed by atoms with van der Waals surface area (Å²) >= 11 is 0. The summed E-state index contributed by atoms with van der Waals surface area (Å²) in [6.45, 7) is 2.77. The Morgan fingerprint density at radius 2 is 1.81 bits per heavy atom. The number of carbonyl (C=O) groups is 2. The molecule has 0 spiro atoms. The summed E-state index contributed by atoms with van der Waals surface area (Å²) in [6.07, 6.45) is 0. The van der Waals surface area contributed by atoms with Crippen LogP contribution in [0.3, 0.4) is 0 Å². The summed E-state index contributed by atoms with van der Waals surface area (Å²) in [6, 6.07) is 11.2. The fourth-order valence-corrected chi connectivity index (χ4v) is 2.13. The topological polar surface area (TPSA) is 108 Å². The molecule has 0 radical (unpaired) electrons. The molecule has 136 valence electrons. The number of hydrogen-bond acceptors (Lipinski definition) is 6. The van der Waals surface area contributed by atoms with Gasteiger partial charge in [-0.3, -0.25) is 14.9 Å². The largest absolute Gasteiger partial charge is 0.475 e. The van der Waals surface area contributed by atoms with Gasteiger partial charge in [-0.05, 0) is 37.1 Å². The summed E-state index contributed by atoms with van der Waals surface area (Å²) in [5.74, 6) is -1.34. The van der Waals surface area contributed by atoms with Gasteiger partial charge in [0.2, 0.25) is 0 Å².